The number of carbonyl (C=O) groups is 1. The molecular formula is C19H23N3O4S. The maximum absolute atomic E-state index is 13.1. The van der Waals surface area contributed by atoms with E-state index in [2.05, 4.69) is 4.90 Å². The van der Waals surface area contributed by atoms with Gasteiger partial charge in [-0.05, 0) is 48.0 Å². The maximum atomic E-state index is 13.1. The Morgan fingerprint density at radius 1 is 1.07 bits per heavy atom. The minimum atomic E-state index is -3.77. The summed E-state index contributed by atoms with van der Waals surface area (Å²) in [7, 11) is -1.83. The van der Waals surface area contributed by atoms with Crippen molar-refractivity contribution >= 4 is 16.0 Å². The van der Waals surface area contributed by atoms with Crippen molar-refractivity contribution < 1.29 is 18.3 Å². The summed E-state index contributed by atoms with van der Waals surface area (Å²) in [6.07, 6.45) is 0. The fourth-order valence-electron chi connectivity index (χ4n) is 3.09. The first-order valence-electron chi connectivity index (χ1n) is 8.68. The standard InChI is InChI=1S/C19H23N3O4S/c1-21-5-7-22(8-6-21)27(25,26)18-11-16(10-17(12-18)19(23)24)15-4-2-3-14(9-15)13-20/h2-4,9-12H,5-8,13,20H2,1H3,(H,23,24). The van der Waals surface area contributed by atoms with E-state index in [4.69, 9.17) is 5.73 Å². The molecule has 2 aromatic rings. The van der Waals surface area contributed by atoms with Gasteiger partial charge >= 0.3 is 5.97 Å². The van der Waals surface area contributed by atoms with Crippen molar-refractivity contribution in [1.82, 2.24) is 9.21 Å². The Morgan fingerprint density at radius 3 is 2.41 bits per heavy atom. The first-order chi connectivity index (χ1) is 12.8. The summed E-state index contributed by atoms with van der Waals surface area (Å²) >= 11 is 0. The van der Waals surface area contributed by atoms with Crippen LogP contribution in [0, 0.1) is 0 Å². The first-order valence-corrected chi connectivity index (χ1v) is 10.1. The molecule has 0 bridgehead atoms. The van der Waals surface area contributed by atoms with Crippen molar-refractivity contribution in [2.75, 3.05) is 33.2 Å². The fraction of sp³-hybridized carbons (Fsp3) is 0.316. The van der Waals surface area contributed by atoms with Crippen LogP contribution in [0.5, 0.6) is 0 Å². The monoisotopic (exact) mass is 389 g/mol. The third-order valence-corrected chi connectivity index (χ3v) is 6.63. The number of carboxylic acids is 1. The average molecular weight is 389 g/mol. The quantitative estimate of drug-likeness (QED) is 0.802. The van der Waals surface area contributed by atoms with Gasteiger partial charge in [-0.25, -0.2) is 13.2 Å². The van der Waals surface area contributed by atoms with E-state index in [1.54, 1.807) is 0 Å². The molecular weight excluding hydrogens is 366 g/mol. The number of carboxylic acid groups (broad SMARTS) is 1. The van der Waals surface area contributed by atoms with Crippen LogP contribution in [0.2, 0.25) is 0 Å². The van der Waals surface area contributed by atoms with Crippen LogP contribution in [0.15, 0.2) is 47.4 Å². The molecule has 1 fully saturated rings. The Bertz CT molecular complexity index is 951. The number of hydrogen-bond donors (Lipinski definition) is 2. The van der Waals surface area contributed by atoms with E-state index in [1.165, 1.54) is 22.5 Å². The van der Waals surface area contributed by atoms with Crippen molar-refractivity contribution in [3.63, 3.8) is 0 Å². The van der Waals surface area contributed by atoms with Crippen LogP contribution in [0.3, 0.4) is 0 Å². The van der Waals surface area contributed by atoms with E-state index in [9.17, 15) is 18.3 Å². The number of nitrogens with zero attached hydrogens (tertiary/aromatic N) is 2. The molecule has 1 aliphatic rings. The third-order valence-electron chi connectivity index (χ3n) is 4.75. The van der Waals surface area contributed by atoms with E-state index in [-0.39, 0.29) is 10.5 Å². The number of sulfonamides is 1. The lowest BCUT2D eigenvalue weighted by Crippen LogP contribution is -2.47. The highest BCUT2D eigenvalue weighted by molar-refractivity contribution is 7.89. The Morgan fingerprint density at radius 2 is 1.78 bits per heavy atom. The molecule has 7 nitrogen and oxygen atoms in total. The van der Waals surface area contributed by atoms with Crippen LogP contribution in [0.25, 0.3) is 11.1 Å². The van der Waals surface area contributed by atoms with Gasteiger partial charge in [0.2, 0.25) is 10.0 Å². The minimum Gasteiger partial charge on any atom is -0.478 e. The molecule has 1 saturated heterocycles. The van der Waals surface area contributed by atoms with Crippen LogP contribution in [0.1, 0.15) is 15.9 Å². The Balaban J connectivity index is 2.07. The first kappa shape index (κ1) is 19.5. The molecule has 1 aliphatic heterocycles. The van der Waals surface area contributed by atoms with E-state index in [0.29, 0.717) is 38.3 Å². The van der Waals surface area contributed by atoms with Gasteiger partial charge in [0.15, 0.2) is 0 Å². The predicted octanol–water partition coefficient (Wildman–Crippen LogP) is 1.45. The molecule has 0 aliphatic carbocycles. The number of aromatic carboxylic acids is 1. The second-order valence-electron chi connectivity index (χ2n) is 6.66. The van der Waals surface area contributed by atoms with E-state index in [0.717, 1.165) is 11.1 Å². The number of piperazine rings is 1. The fourth-order valence-corrected chi connectivity index (χ4v) is 4.59. The molecule has 144 valence electrons. The summed E-state index contributed by atoms with van der Waals surface area (Å²) in [5.74, 6) is -1.17. The minimum absolute atomic E-state index is 0.0000968. The summed E-state index contributed by atoms with van der Waals surface area (Å²) < 4.78 is 27.6. The van der Waals surface area contributed by atoms with E-state index >= 15 is 0 Å². The highest BCUT2D eigenvalue weighted by atomic mass is 32.2. The molecule has 0 radical (unpaired) electrons. The van der Waals surface area contributed by atoms with Gasteiger partial charge in [0.25, 0.3) is 0 Å². The average Bonchev–Trinajstić information content (AvgIpc) is 2.68. The second-order valence-corrected chi connectivity index (χ2v) is 8.60. The molecule has 3 N–H and O–H groups in total. The van der Waals surface area contributed by atoms with Crippen LogP contribution < -0.4 is 5.73 Å². The highest BCUT2D eigenvalue weighted by Gasteiger charge is 2.28. The van der Waals surface area contributed by atoms with Gasteiger partial charge in [0, 0.05) is 32.7 Å². The number of rotatable bonds is 5. The molecule has 0 saturated carbocycles. The molecule has 3 rings (SSSR count). The molecule has 1 heterocycles. The lowest BCUT2D eigenvalue weighted by molar-refractivity contribution is 0.0696. The Kier molecular flexibility index (Phi) is 5.61. The normalized spacial score (nSPS) is 16.4. The van der Waals surface area contributed by atoms with Crippen molar-refractivity contribution in [3.8, 4) is 11.1 Å². The van der Waals surface area contributed by atoms with Crippen LogP contribution >= 0.6 is 0 Å². The van der Waals surface area contributed by atoms with Crippen LogP contribution in [-0.4, -0.2) is 61.9 Å². The summed E-state index contributed by atoms with van der Waals surface area (Å²) in [4.78, 5) is 13.6. The molecule has 0 amide bonds. The largest absolute Gasteiger partial charge is 0.478 e. The smallest absolute Gasteiger partial charge is 0.335 e. The number of benzene rings is 2. The third kappa shape index (κ3) is 4.19. The Labute approximate surface area is 159 Å². The van der Waals surface area contributed by atoms with Gasteiger partial charge in [0.05, 0.1) is 10.5 Å². The SMILES string of the molecule is CN1CCN(S(=O)(=O)c2cc(C(=O)O)cc(-c3cccc(CN)c3)c2)CC1. The summed E-state index contributed by atoms with van der Waals surface area (Å²) in [5.41, 5.74) is 7.78. The second kappa shape index (κ2) is 7.77. The topological polar surface area (TPSA) is 104 Å². The van der Waals surface area contributed by atoms with Crippen molar-refractivity contribution in [2.45, 2.75) is 11.4 Å². The molecule has 0 aromatic heterocycles. The van der Waals surface area contributed by atoms with Crippen molar-refractivity contribution in [2.24, 2.45) is 5.73 Å². The van der Waals surface area contributed by atoms with Crippen molar-refractivity contribution in [1.29, 1.82) is 0 Å². The van der Waals surface area contributed by atoms with Crippen LogP contribution in [0.4, 0.5) is 0 Å². The van der Waals surface area contributed by atoms with Gasteiger partial charge < -0.3 is 15.7 Å². The summed E-state index contributed by atoms with van der Waals surface area (Å²) in [6, 6.07) is 11.6. The highest BCUT2D eigenvalue weighted by Crippen LogP contribution is 2.27. The van der Waals surface area contributed by atoms with Gasteiger partial charge in [-0.1, -0.05) is 18.2 Å². The molecule has 0 spiro atoms. The summed E-state index contributed by atoms with van der Waals surface area (Å²) in [5, 5.41) is 9.46. The van der Waals surface area contributed by atoms with Crippen molar-refractivity contribution in [3.05, 3.63) is 53.6 Å². The zero-order valence-corrected chi connectivity index (χ0v) is 15.9. The maximum Gasteiger partial charge on any atom is 0.335 e. The number of hydrogen-bond acceptors (Lipinski definition) is 5. The van der Waals surface area contributed by atoms with E-state index < -0.39 is 16.0 Å². The lowest BCUT2D eigenvalue weighted by atomic mass is 10.0. The number of nitrogens with two attached hydrogens (primary N) is 1. The molecule has 27 heavy (non-hydrogen) atoms. The lowest BCUT2D eigenvalue weighted by Gasteiger charge is -2.31. The van der Waals surface area contributed by atoms with Gasteiger partial charge in [0.1, 0.15) is 0 Å². The molecule has 8 heteroatoms. The van der Waals surface area contributed by atoms with Gasteiger partial charge in [-0.3, -0.25) is 0 Å². The zero-order chi connectivity index (χ0) is 19.6. The summed E-state index contributed by atoms with van der Waals surface area (Å²) in [6.45, 7) is 2.40. The van der Waals surface area contributed by atoms with Crippen LogP contribution in [-0.2, 0) is 16.6 Å². The Hall–Kier alpha value is -2.26. The predicted molar refractivity (Wildman–Crippen MR) is 103 cm³/mol. The van der Waals surface area contributed by atoms with Gasteiger partial charge in [-0.2, -0.15) is 4.31 Å². The number of likely N-dealkylation sites (N-methyl/N-ethyl adjacent to an activating group) is 1. The molecule has 0 unspecified atom stereocenters. The zero-order valence-electron chi connectivity index (χ0n) is 15.1. The van der Waals surface area contributed by atoms with E-state index in [1.807, 2.05) is 31.3 Å². The van der Waals surface area contributed by atoms with Gasteiger partial charge in [-0.15, -0.1) is 0 Å². The molecule has 2 aromatic carbocycles. The molecule has 0 atom stereocenters.